The summed E-state index contributed by atoms with van der Waals surface area (Å²) in [4.78, 5) is 15.2. The summed E-state index contributed by atoms with van der Waals surface area (Å²) < 4.78 is 0. The molecule has 0 radical (unpaired) electrons. The van der Waals surface area contributed by atoms with Gasteiger partial charge in [-0.25, -0.2) is 0 Å². The van der Waals surface area contributed by atoms with Crippen LogP contribution in [0.4, 0.5) is 0 Å². The minimum Gasteiger partial charge on any atom is -0.369 e. The van der Waals surface area contributed by atoms with Gasteiger partial charge in [0, 0.05) is 10.4 Å². The second kappa shape index (κ2) is 4.51. The molecule has 5 heteroatoms. The number of nitrogens with two attached hydrogens (primary N) is 1. The summed E-state index contributed by atoms with van der Waals surface area (Å²) in [7, 11) is 0. The van der Waals surface area contributed by atoms with E-state index in [2.05, 4.69) is 4.98 Å². The summed E-state index contributed by atoms with van der Waals surface area (Å²) in [5.74, 6) is -0.413. The van der Waals surface area contributed by atoms with Gasteiger partial charge in [-0.3, -0.25) is 9.78 Å². The van der Waals surface area contributed by atoms with Crippen LogP contribution in [0.3, 0.4) is 0 Å². The van der Waals surface area contributed by atoms with Gasteiger partial charge in [-0.1, -0.05) is 23.2 Å². The standard InChI is InChI=1S/C12H10Cl2N2O/c1-6-2-8(5-11(15)17)16-10-4-7(13)3-9(14)12(6)10/h2-4H,5H2,1H3,(H2,15,17). The van der Waals surface area contributed by atoms with E-state index in [0.717, 1.165) is 10.9 Å². The molecule has 0 fully saturated rings. The third kappa shape index (κ3) is 2.51. The highest BCUT2D eigenvalue weighted by Crippen LogP contribution is 2.29. The summed E-state index contributed by atoms with van der Waals surface area (Å²) >= 11 is 12.0. The molecule has 0 saturated heterocycles. The van der Waals surface area contributed by atoms with Gasteiger partial charge in [0.2, 0.25) is 5.91 Å². The molecule has 1 aromatic carbocycles. The minimum atomic E-state index is -0.413. The Hall–Kier alpha value is -1.32. The van der Waals surface area contributed by atoms with Crippen LogP contribution in [0, 0.1) is 6.92 Å². The Bertz CT molecular complexity index is 611. The molecule has 3 nitrogen and oxygen atoms in total. The van der Waals surface area contributed by atoms with Crippen molar-refractivity contribution >= 4 is 40.0 Å². The largest absolute Gasteiger partial charge is 0.369 e. The predicted octanol–water partition coefficient (Wildman–Crippen LogP) is 2.88. The van der Waals surface area contributed by atoms with Crippen LogP contribution in [0.5, 0.6) is 0 Å². The first-order chi connectivity index (χ1) is 7.97. The third-order valence-electron chi connectivity index (χ3n) is 2.43. The van der Waals surface area contributed by atoms with Crippen molar-refractivity contribution in [2.75, 3.05) is 0 Å². The number of pyridine rings is 1. The molecule has 0 aliphatic carbocycles. The van der Waals surface area contributed by atoms with Crippen LogP contribution in [0.25, 0.3) is 10.9 Å². The molecular formula is C12H10Cl2N2O. The number of nitrogens with zero attached hydrogens (tertiary/aromatic N) is 1. The predicted molar refractivity (Wildman–Crippen MR) is 69.4 cm³/mol. The molecule has 0 bridgehead atoms. The average molecular weight is 269 g/mol. The Morgan fingerprint density at radius 2 is 2.06 bits per heavy atom. The Kier molecular flexibility index (Phi) is 3.22. The first-order valence-corrected chi connectivity index (χ1v) is 5.76. The van der Waals surface area contributed by atoms with Gasteiger partial charge < -0.3 is 5.73 Å². The number of hydrogen-bond donors (Lipinski definition) is 1. The first-order valence-electron chi connectivity index (χ1n) is 5.01. The highest BCUT2D eigenvalue weighted by atomic mass is 35.5. The zero-order valence-corrected chi connectivity index (χ0v) is 10.6. The molecule has 0 spiro atoms. The summed E-state index contributed by atoms with van der Waals surface area (Å²) in [6.07, 6.45) is 0.112. The highest BCUT2D eigenvalue weighted by Gasteiger charge is 2.09. The van der Waals surface area contributed by atoms with Gasteiger partial charge in [0.25, 0.3) is 0 Å². The van der Waals surface area contributed by atoms with Crippen LogP contribution in [0.1, 0.15) is 11.3 Å². The Morgan fingerprint density at radius 1 is 1.35 bits per heavy atom. The fourth-order valence-electron chi connectivity index (χ4n) is 1.82. The Labute approximate surface area is 109 Å². The second-order valence-electron chi connectivity index (χ2n) is 3.86. The van der Waals surface area contributed by atoms with Crippen molar-refractivity contribution in [3.8, 4) is 0 Å². The molecule has 2 rings (SSSR count). The Morgan fingerprint density at radius 3 is 2.71 bits per heavy atom. The molecule has 1 amide bonds. The number of carbonyl (C=O) groups excluding carboxylic acids is 1. The van der Waals surface area contributed by atoms with Gasteiger partial charge in [-0.2, -0.15) is 0 Å². The van der Waals surface area contributed by atoms with Crippen LogP contribution in [0.15, 0.2) is 18.2 Å². The average Bonchev–Trinajstić information content (AvgIpc) is 2.13. The molecule has 2 aromatic rings. The molecule has 0 atom stereocenters. The number of hydrogen-bond acceptors (Lipinski definition) is 2. The van der Waals surface area contributed by atoms with Crippen LogP contribution >= 0.6 is 23.2 Å². The number of aromatic nitrogens is 1. The van der Waals surface area contributed by atoms with Gasteiger partial charge in [0.15, 0.2) is 0 Å². The molecule has 0 unspecified atom stereocenters. The van der Waals surface area contributed by atoms with E-state index < -0.39 is 5.91 Å². The van der Waals surface area contributed by atoms with Crippen molar-refractivity contribution in [3.05, 3.63) is 39.5 Å². The van der Waals surface area contributed by atoms with Gasteiger partial charge >= 0.3 is 0 Å². The van der Waals surface area contributed by atoms with Crippen LogP contribution in [0.2, 0.25) is 10.0 Å². The molecule has 2 N–H and O–H groups in total. The summed E-state index contributed by atoms with van der Waals surface area (Å²) in [6, 6.07) is 5.21. The SMILES string of the molecule is Cc1cc(CC(N)=O)nc2cc(Cl)cc(Cl)c12. The second-order valence-corrected chi connectivity index (χ2v) is 4.70. The van der Waals surface area contributed by atoms with E-state index in [1.54, 1.807) is 12.1 Å². The normalized spacial score (nSPS) is 10.8. The van der Waals surface area contributed by atoms with Crippen molar-refractivity contribution in [1.82, 2.24) is 4.98 Å². The lowest BCUT2D eigenvalue weighted by atomic mass is 10.1. The van der Waals surface area contributed by atoms with Crippen molar-refractivity contribution in [3.63, 3.8) is 0 Å². The lowest BCUT2D eigenvalue weighted by molar-refractivity contribution is -0.117. The van der Waals surface area contributed by atoms with Gasteiger partial charge in [-0.15, -0.1) is 0 Å². The maximum atomic E-state index is 10.9. The highest BCUT2D eigenvalue weighted by molar-refractivity contribution is 6.38. The summed E-state index contributed by atoms with van der Waals surface area (Å²) in [5.41, 5.74) is 7.40. The maximum absolute atomic E-state index is 10.9. The summed E-state index contributed by atoms with van der Waals surface area (Å²) in [5, 5.41) is 1.93. The minimum absolute atomic E-state index is 0.112. The molecule has 1 aromatic heterocycles. The van der Waals surface area contributed by atoms with E-state index in [9.17, 15) is 4.79 Å². The number of rotatable bonds is 2. The number of aryl methyl sites for hydroxylation is 1. The zero-order valence-electron chi connectivity index (χ0n) is 9.13. The molecular weight excluding hydrogens is 259 g/mol. The molecule has 1 heterocycles. The molecule has 17 heavy (non-hydrogen) atoms. The number of amides is 1. The number of carbonyl (C=O) groups is 1. The fourth-order valence-corrected chi connectivity index (χ4v) is 2.45. The smallest absolute Gasteiger partial charge is 0.223 e. The molecule has 0 aliphatic rings. The van der Waals surface area contributed by atoms with E-state index in [0.29, 0.717) is 21.3 Å². The van der Waals surface area contributed by atoms with E-state index in [1.807, 2.05) is 13.0 Å². The van der Waals surface area contributed by atoms with E-state index in [4.69, 9.17) is 28.9 Å². The fraction of sp³-hybridized carbons (Fsp3) is 0.167. The quantitative estimate of drug-likeness (QED) is 0.911. The van der Waals surface area contributed by atoms with E-state index in [1.165, 1.54) is 0 Å². The van der Waals surface area contributed by atoms with Crippen molar-refractivity contribution in [2.45, 2.75) is 13.3 Å². The third-order valence-corrected chi connectivity index (χ3v) is 2.95. The van der Waals surface area contributed by atoms with Crippen molar-refractivity contribution < 1.29 is 4.79 Å². The maximum Gasteiger partial charge on any atom is 0.223 e. The lowest BCUT2D eigenvalue weighted by Crippen LogP contribution is -2.14. The first kappa shape index (κ1) is 12.1. The molecule has 0 aliphatic heterocycles. The Balaban J connectivity index is 2.68. The number of fused-ring (bicyclic) bond motifs is 1. The van der Waals surface area contributed by atoms with Crippen LogP contribution in [-0.2, 0) is 11.2 Å². The monoisotopic (exact) mass is 268 g/mol. The topological polar surface area (TPSA) is 56.0 Å². The van der Waals surface area contributed by atoms with Crippen molar-refractivity contribution in [1.29, 1.82) is 0 Å². The van der Waals surface area contributed by atoms with Gasteiger partial charge in [-0.05, 0) is 30.7 Å². The number of halogens is 2. The van der Waals surface area contributed by atoms with Gasteiger partial charge in [0.1, 0.15) is 0 Å². The van der Waals surface area contributed by atoms with Crippen molar-refractivity contribution in [2.24, 2.45) is 5.73 Å². The van der Waals surface area contributed by atoms with E-state index >= 15 is 0 Å². The number of benzene rings is 1. The van der Waals surface area contributed by atoms with E-state index in [-0.39, 0.29) is 6.42 Å². The lowest BCUT2D eigenvalue weighted by Gasteiger charge is -2.07. The zero-order chi connectivity index (χ0) is 12.6. The number of primary amides is 1. The molecule has 88 valence electrons. The van der Waals surface area contributed by atoms with Crippen LogP contribution < -0.4 is 5.73 Å². The van der Waals surface area contributed by atoms with Crippen LogP contribution in [-0.4, -0.2) is 10.9 Å². The van der Waals surface area contributed by atoms with Gasteiger partial charge in [0.05, 0.1) is 22.7 Å². The summed E-state index contributed by atoms with van der Waals surface area (Å²) in [6.45, 7) is 1.91. The molecule has 0 saturated carbocycles.